The van der Waals surface area contributed by atoms with E-state index in [4.69, 9.17) is 14.4 Å². The van der Waals surface area contributed by atoms with Crippen LogP contribution < -0.4 is 5.32 Å². The van der Waals surface area contributed by atoms with Crippen LogP contribution >= 0.6 is 0 Å². The summed E-state index contributed by atoms with van der Waals surface area (Å²) in [7, 11) is 0. The second-order valence-electron chi connectivity index (χ2n) is 4.60. The van der Waals surface area contributed by atoms with Gasteiger partial charge < -0.3 is 14.5 Å². The highest BCUT2D eigenvalue weighted by atomic mass is 16.6. The van der Waals surface area contributed by atoms with Gasteiger partial charge >= 0.3 is 5.97 Å². The minimum atomic E-state index is -0.754. The van der Waals surface area contributed by atoms with Gasteiger partial charge in [0, 0.05) is 18.2 Å². The Morgan fingerprint density at radius 2 is 2.20 bits per heavy atom. The summed E-state index contributed by atoms with van der Waals surface area (Å²) in [5.41, 5.74) is -0.268. The van der Waals surface area contributed by atoms with Crippen molar-refractivity contribution in [3.05, 3.63) is 64.1 Å². The molecule has 9 nitrogen and oxygen atoms in total. The second kappa shape index (κ2) is 8.07. The predicted molar refractivity (Wildman–Crippen MR) is 85.1 cm³/mol. The Morgan fingerprint density at radius 1 is 1.40 bits per heavy atom. The molecule has 0 radical (unpaired) electrons. The van der Waals surface area contributed by atoms with Gasteiger partial charge in [0.05, 0.1) is 22.4 Å². The van der Waals surface area contributed by atoms with Crippen molar-refractivity contribution < 1.29 is 23.7 Å². The van der Waals surface area contributed by atoms with Gasteiger partial charge in [-0.15, -0.1) is 0 Å². The van der Waals surface area contributed by atoms with Crippen molar-refractivity contribution in [2.75, 3.05) is 11.9 Å². The number of nitro benzene ring substituents is 1. The summed E-state index contributed by atoms with van der Waals surface area (Å²) < 4.78 is 9.73. The summed E-state index contributed by atoms with van der Waals surface area (Å²) in [6, 6.07) is 8.44. The molecule has 0 saturated carbocycles. The molecule has 0 spiro atoms. The third-order valence-electron chi connectivity index (χ3n) is 2.88. The van der Waals surface area contributed by atoms with E-state index in [0.29, 0.717) is 5.76 Å². The minimum Gasteiger partial charge on any atom is -0.465 e. The maximum atomic E-state index is 11.8. The molecule has 0 aliphatic rings. The van der Waals surface area contributed by atoms with Gasteiger partial charge in [0.1, 0.15) is 11.8 Å². The van der Waals surface area contributed by atoms with E-state index in [9.17, 15) is 19.7 Å². The number of carbonyl (C=O) groups is 2. The van der Waals surface area contributed by atoms with Crippen LogP contribution in [0.3, 0.4) is 0 Å². The van der Waals surface area contributed by atoms with Crippen molar-refractivity contribution in [2.24, 2.45) is 0 Å². The van der Waals surface area contributed by atoms with E-state index in [0.717, 1.165) is 18.2 Å². The highest BCUT2D eigenvalue weighted by molar-refractivity contribution is 5.95. The fourth-order valence-corrected chi connectivity index (χ4v) is 1.75. The van der Waals surface area contributed by atoms with Gasteiger partial charge in [0.25, 0.3) is 11.6 Å². The van der Waals surface area contributed by atoms with Crippen LogP contribution in [0.4, 0.5) is 11.4 Å². The molecule has 1 N–H and O–H groups in total. The normalized spacial score (nSPS) is 10.2. The Kier molecular flexibility index (Phi) is 5.63. The first-order chi connectivity index (χ1) is 12.0. The number of esters is 1. The molecule has 1 aromatic heterocycles. The van der Waals surface area contributed by atoms with E-state index >= 15 is 0 Å². The zero-order chi connectivity index (χ0) is 18.2. The molecule has 0 atom stereocenters. The largest absolute Gasteiger partial charge is 0.465 e. The van der Waals surface area contributed by atoms with E-state index in [2.05, 4.69) is 5.32 Å². The van der Waals surface area contributed by atoms with Crippen LogP contribution in [0.1, 0.15) is 11.3 Å². The Bertz CT molecular complexity index is 864. The second-order valence-corrected chi connectivity index (χ2v) is 4.60. The fraction of sp³-hybridized carbons (Fsp3) is 0.0625. The van der Waals surface area contributed by atoms with Gasteiger partial charge in [-0.25, -0.2) is 4.79 Å². The molecule has 0 aliphatic heterocycles. The molecule has 0 bridgehead atoms. The van der Waals surface area contributed by atoms with Crippen LogP contribution in [0, 0.1) is 21.4 Å². The van der Waals surface area contributed by atoms with Crippen LogP contribution in [0.5, 0.6) is 0 Å². The van der Waals surface area contributed by atoms with Crippen molar-refractivity contribution in [2.45, 2.75) is 0 Å². The maximum Gasteiger partial charge on any atom is 0.331 e. The summed E-state index contributed by atoms with van der Waals surface area (Å²) in [5, 5.41) is 22.0. The van der Waals surface area contributed by atoms with Crippen LogP contribution in [-0.2, 0) is 14.3 Å². The molecule has 1 heterocycles. The number of carbonyl (C=O) groups excluding carboxylic acids is 2. The summed E-state index contributed by atoms with van der Waals surface area (Å²) in [6.07, 6.45) is 3.92. The van der Waals surface area contributed by atoms with Gasteiger partial charge in [-0.1, -0.05) is 0 Å². The molecule has 2 aromatic rings. The SMILES string of the molecule is N#Cc1cc([N+](=O)[O-])ccc1NC(=O)COC(=O)C=Cc1ccco1. The zero-order valence-corrected chi connectivity index (χ0v) is 12.7. The van der Waals surface area contributed by atoms with Gasteiger partial charge in [-0.2, -0.15) is 5.26 Å². The number of nitro groups is 1. The number of amides is 1. The van der Waals surface area contributed by atoms with Crippen molar-refractivity contribution in [3.63, 3.8) is 0 Å². The lowest BCUT2D eigenvalue weighted by Gasteiger charge is -2.07. The molecule has 25 heavy (non-hydrogen) atoms. The highest BCUT2D eigenvalue weighted by Crippen LogP contribution is 2.21. The van der Waals surface area contributed by atoms with Gasteiger partial charge in [0.15, 0.2) is 6.61 Å². The van der Waals surface area contributed by atoms with E-state index in [-0.39, 0.29) is 16.9 Å². The molecule has 126 valence electrons. The monoisotopic (exact) mass is 341 g/mol. The number of nitrogens with one attached hydrogen (secondary N) is 1. The predicted octanol–water partition coefficient (Wildman–Crippen LogP) is 2.25. The minimum absolute atomic E-state index is 0.0772. The summed E-state index contributed by atoms with van der Waals surface area (Å²) in [4.78, 5) is 33.3. The van der Waals surface area contributed by atoms with Crippen LogP contribution in [0.25, 0.3) is 6.08 Å². The van der Waals surface area contributed by atoms with Gasteiger partial charge in [-0.05, 0) is 24.3 Å². The average Bonchev–Trinajstić information content (AvgIpc) is 3.11. The first-order valence-corrected chi connectivity index (χ1v) is 6.86. The number of hydrogen-bond acceptors (Lipinski definition) is 7. The Balaban J connectivity index is 1.91. The molecule has 9 heteroatoms. The molecule has 2 rings (SSSR count). The molecule has 1 amide bonds. The lowest BCUT2D eigenvalue weighted by atomic mass is 10.1. The third-order valence-corrected chi connectivity index (χ3v) is 2.88. The number of rotatable bonds is 6. The lowest BCUT2D eigenvalue weighted by molar-refractivity contribution is -0.384. The Morgan fingerprint density at radius 3 is 2.84 bits per heavy atom. The topological polar surface area (TPSA) is 135 Å². The lowest BCUT2D eigenvalue weighted by Crippen LogP contribution is -2.20. The fourth-order valence-electron chi connectivity index (χ4n) is 1.75. The Labute approximate surface area is 141 Å². The molecular formula is C16H11N3O6. The van der Waals surface area contributed by atoms with E-state index in [1.54, 1.807) is 18.2 Å². The summed E-state index contributed by atoms with van der Waals surface area (Å²) in [6.45, 7) is -0.580. The standard InChI is InChI=1S/C16H11N3O6/c17-9-11-8-12(19(22)23)3-5-14(11)18-15(20)10-25-16(21)6-4-13-2-1-7-24-13/h1-8H,10H2,(H,18,20). The number of non-ortho nitro benzene ring substituents is 1. The number of nitrogens with zero attached hydrogens (tertiary/aromatic N) is 2. The number of ether oxygens (including phenoxy) is 1. The third kappa shape index (κ3) is 5.04. The van der Waals surface area contributed by atoms with Crippen molar-refractivity contribution in [1.29, 1.82) is 5.26 Å². The van der Waals surface area contributed by atoms with E-state index in [1.165, 1.54) is 18.4 Å². The maximum absolute atomic E-state index is 11.8. The molecular weight excluding hydrogens is 330 g/mol. The van der Waals surface area contributed by atoms with Gasteiger partial charge in [0.2, 0.25) is 0 Å². The molecule has 0 saturated heterocycles. The van der Waals surface area contributed by atoms with Gasteiger partial charge in [-0.3, -0.25) is 14.9 Å². The number of nitriles is 1. The molecule has 0 fully saturated rings. The van der Waals surface area contributed by atoms with Crippen molar-refractivity contribution >= 4 is 29.3 Å². The average molecular weight is 341 g/mol. The quantitative estimate of drug-likeness (QED) is 0.368. The molecule has 0 unspecified atom stereocenters. The first-order valence-electron chi connectivity index (χ1n) is 6.86. The number of furan rings is 1. The zero-order valence-electron chi connectivity index (χ0n) is 12.7. The Hall–Kier alpha value is -3.93. The number of anilines is 1. The van der Waals surface area contributed by atoms with Crippen LogP contribution in [0.2, 0.25) is 0 Å². The summed E-state index contributed by atoms with van der Waals surface area (Å²) in [5.74, 6) is -0.994. The smallest absolute Gasteiger partial charge is 0.331 e. The van der Waals surface area contributed by atoms with Crippen LogP contribution in [-0.4, -0.2) is 23.4 Å². The molecule has 1 aromatic carbocycles. The number of hydrogen-bond donors (Lipinski definition) is 1. The van der Waals surface area contributed by atoms with Crippen molar-refractivity contribution in [1.82, 2.24) is 0 Å². The summed E-state index contributed by atoms with van der Waals surface area (Å²) >= 11 is 0. The first kappa shape index (κ1) is 17.4. The van der Waals surface area contributed by atoms with Crippen molar-refractivity contribution in [3.8, 4) is 6.07 Å². The van der Waals surface area contributed by atoms with Crippen LogP contribution in [0.15, 0.2) is 47.1 Å². The van der Waals surface area contributed by atoms with E-state index in [1.807, 2.05) is 0 Å². The molecule has 0 aliphatic carbocycles. The van der Waals surface area contributed by atoms with E-state index < -0.39 is 23.4 Å². The number of benzene rings is 1. The highest BCUT2D eigenvalue weighted by Gasteiger charge is 2.13.